The molecule has 1 unspecified atom stereocenters. The monoisotopic (exact) mass is 407 g/mol. The Hall–Kier alpha value is -2.68. The van der Waals surface area contributed by atoms with E-state index in [2.05, 4.69) is 15.1 Å². The van der Waals surface area contributed by atoms with Crippen LogP contribution < -0.4 is 15.2 Å². The molecule has 28 heavy (non-hydrogen) atoms. The van der Waals surface area contributed by atoms with Gasteiger partial charge in [-0.3, -0.25) is 4.57 Å². The van der Waals surface area contributed by atoms with Crippen LogP contribution in [0.15, 0.2) is 24.4 Å². The van der Waals surface area contributed by atoms with E-state index in [1.165, 1.54) is 13.8 Å². The van der Waals surface area contributed by atoms with E-state index in [1.807, 2.05) is 12.1 Å². The third kappa shape index (κ3) is 4.78. The molecule has 0 saturated heterocycles. The number of benzene rings is 1. The molecule has 0 aliphatic carbocycles. The maximum atomic E-state index is 11.8. The molecule has 4 N–H and O–H groups in total. The molecule has 3 aromatic rings. The van der Waals surface area contributed by atoms with Gasteiger partial charge in [0.2, 0.25) is 7.37 Å². The Kier molecular flexibility index (Phi) is 5.83. The molecule has 0 fully saturated rings. The lowest BCUT2D eigenvalue weighted by molar-refractivity contribution is 0.192. The number of hydrogen-bond acceptors (Lipinski definition) is 8. The normalized spacial score (nSPS) is 13.4. The van der Waals surface area contributed by atoms with E-state index in [0.717, 1.165) is 5.56 Å². The minimum absolute atomic E-state index is 0.0469. The second kappa shape index (κ2) is 8.14. The van der Waals surface area contributed by atoms with Crippen molar-refractivity contribution >= 4 is 24.2 Å². The quantitative estimate of drug-likeness (QED) is 0.469. The number of methoxy groups -OCH3 is 1. The highest BCUT2D eigenvalue weighted by atomic mass is 31.2. The summed E-state index contributed by atoms with van der Waals surface area (Å²) in [5.74, 6) is 0.807. The molecule has 1 aromatic carbocycles. The van der Waals surface area contributed by atoms with Gasteiger partial charge < -0.3 is 25.2 Å². The Morgan fingerprint density at radius 1 is 1.25 bits per heavy atom. The van der Waals surface area contributed by atoms with E-state index in [4.69, 9.17) is 20.3 Å². The first kappa shape index (κ1) is 20.1. The van der Waals surface area contributed by atoms with Crippen molar-refractivity contribution < 1.29 is 24.0 Å². The van der Waals surface area contributed by atoms with E-state index < -0.39 is 7.37 Å². The molecule has 3 rings (SSSR count). The van der Waals surface area contributed by atoms with Crippen molar-refractivity contribution in [2.24, 2.45) is 0 Å². The summed E-state index contributed by atoms with van der Waals surface area (Å²) in [4.78, 5) is 18.0. The number of nitrogen functional groups attached to an aromatic ring is 1. The van der Waals surface area contributed by atoms with Crippen LogP contribution in [0.2, 0.25) is 0 Å². The average molecular weight is 407 g/mol. The Morgan fingerprint density at radius 3 is 2.68 bits per heavy atom. The molecule has 0 bridgehead atoms. The molecule has 1 atom stereocenters. The molecular weight excluding hydrogens is 385 g/mol. The molecule has 0 saturated carbocycles. The smallest absolute Gasteiger partial charge is 0.320 e. The number of rotatable bonds is 8. The van der Waals surface area contributed by atoms with Gasteiger partial charge in [0.25, 0.3) is 0 Å². The lowest BCUT2D eigenvalue weighted by atomic mass is 10.1. The molecule has 150 valence electrons. The third-order valence-electron chi connectivity index (χ3n) is 3.90. The molecule has 2 heterocycles. The van der Waals surface area contributed by atoms with Crippen molar-refractivity contribution in [2.45, 2.75) is 12.7 Å². The fourth-order valence-electron chi connectivity index (χ4n) is 2.81. The second-order valence-electron chi connectivity index (χ2n) is 6.40. The summed E-state index contributed by atoms with van der Waals surface area (Å²) in [6.07, 6.45) is 1.61. The summed E-state index contributed by atoms with van der Waals surface area (Å²) in [7, 11) is -1.69. The zero-order valence-corrected chi connectivity index (χ0v) is 16.5. The largest absolute Gasteiger partial charge is 0.497 e. The number of nitrogens with zero attached hydrogens (tertiary/aromatic N) is 4. The highest BCUT2D eigenvalue weighted by Crippen LogP contribution is 2.40. The van der Waals surface area contributed by atoms with Crippen LogP contribution in [0.5, 0.6) is 11.8 Å². The van der Waals surface area contributed by atoms with Crippen molar-refractivity contribution in [3.05, 3.63) is 35.5 Å². The van der Waals surface area contributed by atoms with Gasteiger partial charge in [0, 0.05) is 12.8 Å². The lowest BCUT2D eigenvalue weighted by Crippen LogP contribution is -2.08. The molecule has 10 nitrogen and oxygen atoms in total. The second-order valence-corrected chi connectivity index (χ2v) is 8.82. The van der Waals surface area contributed by atoms with E-state index >= 15 is 0 Å². The SMILES string of the molecule is COc1cc(Cn2ncc3c(N)nc(OCCO)nc32)cc(CP(C)(=O)O)c1. The highest BCUT2D eigenvalue weighted by Gasteiger charge is 2.15. The van der Waals surface area contributed by atoms with Crippen LogP contribution in [0.3, 0.4) is 0 Å². The molecule has 11 heteroatoms. The van der Waals surface area contributed by atoms with Crippen LogP contribution in [0, 0.1) is 0 Å². The van der Waals surface area contributed by atoms with Crippen LogP contribution >= 0.6 is 7.37 Å². The van der Waals surface area contributed by atoms with Crippen LogP contribution in [0.1, 0.15) is 11.1 Å². The number of anilines is 1. The van der Waals surface area contributed by atoms with Crippen molar-refractivity contribution in [3.63, 3.8) is 0 Å². The Labute approximate surface area is 161 Å². The maximum Gasteiger partial charge on any atom is 0.320 e. The van der Waals surface area contributed by atoms with E-state index in [9.17, 15) is 9.46 Å². The minimum Gasteiger partial charge on any atom is -0.497 e. The summed E-state index contributed by atoms with van der Waals surface area (Å²) < 4.78 is 24.0. The molecule has 0 spiro atoms. The van der Waals surface area contributed by atoms with Gasteiger partial charge in [-0.1, -0.05) is 6.07 Å². The third-order valence-corrected chi connectivity index (χ3v) is 4.85. The fraction of sp³-hybridized carbons (Fsp3) is 0.353. The molecule has 0 aliphatic rings. The summed E-state index contributed by atoms with van der Waals surface area (Å²) >= 11 is 0. The average Bonchev–Trinajstić information content (AvgIpc) is 3.01. The minimum atomic E-state index is -3.22. The van der Waals surface area contributed by atoms with Gasteiger partial charge in [-0.05, 0) is 23.3 Å². The molecule has 0 aliphatic heterocycles. The number of fused-ring (bicyclic) bond motifs is 1. The van der Waals surface area contributed by atoms with E-state index in [1.54, 1.807) is 16.9 Å². The zero-order chi connectivity index (χ0) is 20.3. The molecule has 0 radical (unpaired) electrons. The maximum absolute atomic E-state index is 11.8. The summed E-state index contributed by atoms with van der Waals surface area (Å²) in [6, 6.07) is 5.44. The Balaban J connectivity index is 1.96. The van der Waals surface area contributed by atoms with Crippen LogP contribution in [0.25, 0.3) is 11.0 Å². The van der Waals surface area contributed by atoms with E-state index in [0.29, 0.717) is 28.9 Å². The first-order valence-electron chi connectivity index (χ1n) is 8.48. The van der Waals surface area contributed by atoms with Gasteiger partial charge >= 0.3 is 6.01 Å². The number of ether oxygens (including phenoxy) is 2. The van der Waals surface area contributed by atoms with Crippen molar-refractivity contribution in [1.29, 1.82) is 0 Å². The summed E-state index contributed by atoms with van der Waals surface area (Å²) in [5.41, 5.74) is 7.95. The number of nitrogens with two attached hydrogens (primary N) is 1. The molecule has 0 amide bonds. The Morgan fingerprint density at radius 2 is 2.00 bits per heavy atom. The zero-order valence-electron chi connectivity index (χ0n) is 15.6. The Bertz CT molecular complexity index is 1030. The standard InChI is InChI=1S/C17H22N5O5P/c1-26-13-6-11(5-12(7-13)10-28(2,24)25)9-22-16-14(8-19-22)15(18)20-17(21-16)27-4-3-23/h5-8,23H,3-4,9-10H2,1-2H3,(H,24,25)(H2,18,20,21). The van der Waals surface area contributed by atoms with Gasteiger partial charge in [-0.2, -0.15) is 15.1 Å². The van der Waals surface area contributed by atoms with Crippen molar-refractivity contribution in [2.75, 3.05) is 32.7 Å². The fourth-order valence-corrected chi connectivity index (χ4v) is 3.67. The highest BCUT2D eigenvalue weighted by molar-refractivity contribution is 7.56. The van der Waals surface area contributed by atoms with Gasteiger partial charge in [0.05, 0.1) is 31.8 Å². The van der Waals surface area contributed by atoms with Gasteiger partial charge in [0.1, 0.15) is 18.2 Å². The van der Waals surface area contributed by atoms with Crippen LogP contribution in [-0.4, -0.2) is 56.7 Å². The van der Waals surface area contributed by atoms with Gasteiger partial charge in [-0.25, -0.2) is 4.68 Å². The van der Waals surface area contributed by atoms with Gasteiger partial charge in [0.15, 0.2) is 5.65 Å². The number of aromatic nitrogens is 4. The first-order chi connectivity index (χ1) is 13.3. The number of aliphatic hydroxyl groups is 1. The topological polar surface area (TPSA) is 146 Å². The number of aliphatic hydroxyl groups excluding tert-OH is 1. The molecule has 2 aromatic heterocycles. The molecular formula is C17H22N5O5P. The number of hydrogen-bond donors (Lipinski definition) is 3. The lowest BCUT2D eigenvalue weighted by Gasteiger charge is -2.11. The van der Waals surface area contributed by atoms with Gasteiger partial charge in [-0.15, -0.1) is 0 Å². The van der Waals surface area contributed by atoms with Crippen LogP contribution in [0.4, 0.5) is 5.82 Å². The van der Waals surface area contributed by atoms with Crippen LogP contribution in [-0.2, 0) is 17.3 Å². The summed E-state index contributed by atoms with van der Waals surface area (Å²) in [6.45, 7) is 1.54. The summed E-state index contributed by atoms with van der Waals surface area (Å²) in [5, 5.41) is 13.8. The predicted octanol–water partition coefficient (Wildman–Crippen LogP) is 1.24. The first-order valence-corrected chi connectivity index (χ1v) is 10.8. The van der Waals surface area contributed by atoms with Crippen molar-refractivity contribution in [1.82, 2.24) is 19.7 Å². The van der Waals surface area contributed by atoms with Crippen molar-refractivity contribution in [3.8, 4) is 11.8 Å². The predicted molar refractivity (Wildman–Crippen MR) is 104 cm³/mol. The van der Waals surface area contributed by atoms with E-state index in [-0.39, 0.29) is 31.2 Å².